The Morgan fingerprint density at radius 3 is 2.40 bits per heavy atom. The van der Waals surface area contributed by atoms with Gasteiger partial charge in [0.05, 0.1) is 0 Å². The fraction of sp³-hybridized carbons (Fsp3) is 0.667. The Kier molecular flexibility index (Phi) is 2.70. The predicted molar refractivity (Wildman–Crippen MR) is 49.1 cm³/mol. The summed E-state index contributed by atoms with van der Waals surface area (Å²) in [5.74, 6) is -1.64. The second kappa shape index (κ2) is 3.52. The minimum absolute atomic E-state index is 0.400. The van der Waals surface area contributed by atoms with Gasteiger partial charge in [-0.15, -0.1) is 0 Å². The van der Waals surface area contributed by atoms with Crippen molar-refractivity contribution in [2.45, 2.75) is 26.8 Å². The number of esters is 2. The maximum atomic E-state index is 11.4. The van der Waals surface area contributed by atoms with Crippen LogP contribution in [0, 0.1) is 5.41 Å². The third kappa shape index (κ3) is 2.26. The zero-order valence-corrected chi connectivity index (χ0v) is 8.81. The molecule has 84 valence electrons. The number of amides is 1. The Labute approximate surface area is 86.8 Å². The van der Waals surface area contributed by atoms with Crippen LogP contribution in [0.3, 0.4) is 0 Å². The maximum absolute atomic E-state index is 11.4. The number of hydrogen-bond donors (Lipinski definition) is 1. The first-order valence-corrected chi connectivity index (χ1v) is 4.47. The number of cyclic esters (lactones) is 2. The third-order valence-corrected chi connectivity index (χ3v) is 2.11. The summed E-state index contributed by atoms with van der Waals surface area (Å²) in [5.41, 5.74) is -0.601. The Balaban J connectivity index is 3.03. The topological polar surface area (TPSA) is 83.9 Å². The summed E-state index contributed by atoms with van der Waals surface area (Å²) in [6.07, 6.45) is -1.29. The lowest BCUT2D eigenvalue weighted by atomic mass is 9.85. The van der Waals surface area contributed by atoms with Gasteiger partial charge in [-0.3, -0.25) is 4.90 Å². The van der Waals surface area contributed by atoms with Gasteiger partial charge in [0.1, 0.15) is 12.6 Å². The second-order valence-corrected chi connectivity index (χ2v) is 4.47. The van der Waals surface area contributed by atoms with Gasteiger partial charge in [-0.05, 0) is 5.41 Å². The quantitative estimate of drug-likeness (QED) is 0.469. The molecule has 1 amide bonds. The number of ether oxygens (including phenoxy) is 1. The summed E-state index contributed by atoms with van der Waals surface area (Å²) < 4.78 is 4.42. The van der Waals surface area contributed by atoms with E-state index >= 15 is 0 Å². The molecular formula is C9H13NO5. The third-order valence-electron chi connectivity index (χ3n) is 2.11. The molecule has 1 aliphatic heterocycles. The molecular weight excluding hydrogens is 202 g/mol. The largest absolute Gasteiger partial charge is 0.465 e. The first kappa shape index (κ1) is 11.5. The molecule has 1 unspecified atom stereocenters. The van der Waals surface area contributed by atoms with Crippen molar-refractivity contribution < 1.29 is 24.2 Å². The van der Waals surface area contributed by atoms with Crippen molar-refractivity contribution in [2.24, 2.45) is 5.41 Å². The van der Waals surface area contributed by atoms with Crippen molar-refractivity contribution in [2.75, 3.05) is 6.54 Å². The van der Waals surface area contributed by atoms with Crippen LogP contribution in [0.4, 0.5) is 4.79 Å². The van der Waals surface area contributed by atoms with E-state index in [1.807, 2.05) is 0 Å². The Morgan fingerprint density at radius 2 is 2.00 bits per heavy atom. The molecule has 1 N–H and O–H groups in total. The molecule has 1 aliphatic rings. The minimum atomic E-state index is -1.29. The molecule has 15 heavy (non-hydrogen) atoms. The Bertz CT molecular complexity index is 317. The van der Waals surface area contributed by atoms with E-state index in [0.29, 0.717) is 0 Å². The predicted octanol–water partition coefficient (Wildman–Crippen LogP) is 0.465. The van der Waals surface area contributed by atoms with E-state index in [9.17, 15) is 14.4 Å². The number of carbonyl (C=O) groups excluding carboxylic acids is 2. The second-order valence-electron chi connectivity index (χ2n) is 4.47. The first-order valence-electron chi connectivity index (χ1n) is 4.47. The van der Waals surface area contributed by atoms with E-state index in [0.717, 1.165) is 4.90 Å². The van der Waals surface area contributed by atoms with Gasteiger partial charge in [0.15, 0.2) is 0 Å². The highest BCUT2D eigenvalue weighted by Crippen LogP contribution is 2.27. The molecule has 1 rings (SSSR count). The molecule has 0 spiro atoms. The van der Waals surface area contributed by atoms with Gasteiger partial charge in [0, 0.05) is 0 Å². The van der Waals surface area contributed by atoms with Crippen LogP contribution in [0.5, 0.6) is 0 Å². The summed E-state index contributed by atoms with van der Waals surface area (Å²) in [7, 11) is 0. The van der Waals surface area contributed by atoms with Gasteiger partial charge < -0.3 is 9.84 Å². The van der Waals surface area contributed by atoms with Crippen molar-refractivity contribution >= 4 is 18.0 Å². The molecule has 0 aliphatic carbocycles. The molecule has 1 atom stereocenters. The Hall–Kier alpha value is -1.59. The number of carbonyl (C=O) groups is 3. The van der Waals surface area contributed by atoms with Gasteiger partial charge >= 0.3 is 18.0 Å². The van der Waals surface area contributed by atoms with Gasteiger partial charge in [-0.25, -0.2) is 14.4 Å². The van der Waals surface area contributed by atoms with Crippen molar-refractivity contribution in [1.29, 1.82) is 0 Å². The van der Waals surface area contributed by atoms with E-state index in [1.165, 1.54) is 0 Å². The lowest BCUT2D eigenvalue weighted by molar-refractivity contribution is -0.174. The van der Waals surface area contributed by atoms with Crippen LogP contribution in [-0.4, -0.2) is 40.6 Å². The molecule has 0 radical (unpaired) electrons. The van der Waals surface area contributed by atoms with Crippen LogP contribution in [0.1, 0.15) is 20.8 Å². The first-order chi connectivity index (χ1) is 6.73. The average Bonchev–Trinajstić information content (AvgIpc) is 1.99. The van der Waals surface area contributed by atoms with Crippen LogP contribution in [0.15, 0.2) is 0 Å². The molecule has 1 saturated heterocycles. The molecule has 0 saturated carbocycles. The zero-order valence-electron chi connectivity index (χ0n) is 8.81. The van der Waals surface area contributed by atoms with Crippen molar-refractivity contribution in [3.63, 3.8) is 0 Å². The molecule has 1 fully saturated rings. The zero-order chi connectivity index (χ0) is 11.8. The van der Waals surface area contributed by atoms with Crippen LogP contribution in [0.25, 0.3) is 0 Å². The summed E-state index contributed by atoms with van der Waals surface area (Å²) in [6.45, 7) is 4.74. The SMILES string of the molecule is CC(C)(C)C1C(=O)OC(=O)CN1C(=O)O. The van der Waals surface area contributed by atoms with Crippen LogP contribution in [-0.2, 0) is 14.3 Å². The van der Waals surface area contributed by atoms with Crippen LogP contribution in [0.2, 0.25) is 0 Å². The number of nitrogens with zero attached hydrogens (tertiary/aromatic N) is 1. The molecule has 6 heteroatoms. The number of rotatable bonds is 0. The molecule has 0 bridgehead atoms. The van der Waals surface area contributed by atoms with E-state index < -0.39 is 36.0 Å². The smallest absolute Gasteiger partial charge is 0.408 e. The number of carboxylic acid groups (broad SMARTS) is 1. The standard InChI is InChI=1S/C9H13NO5/c1-9(2,3)6-7(12)15-5(11)4-10(6)8(13)14/h6H,4H2,1-3H3,(H,13,14). The average molecular weight is 215 g/mol. The van der Waals surface area contributed by atoms with E-state index in [2.05, 4.69) is 4.74 Å². The van der Waals surface area contributed by atoms with E-state index in [-0.39, 0.29) is 0 Å². The van der Waals surface area contributed by atoms with Crippen LogP contribution < -0.4 is 0 Å². The molecule has 1 heterocycles. The fourth-order valence-electron chi connectivity index (χ4n) is 1.56. The van der Waals surface area contributed by atoms with Gasteiger partial charge in [-0.2, -0.15) is 0 Å². The molecule has 6 nitrogen and oxygen atoms in total. The number of hydrogen-bond acceptors (Lipinski definition) is 4. The van der Waals surface area contributed by atoms with Gasteiger partial charge in [-0.1, -0.05) is 20.8 Å². The minimum Gasteiger partial charge on any atom is -0.465 e. The highest BCUT2D eigenvalue weighted by molar-refractivity contribution is 5.96. The van der Waals surface area contributed by atoms with E-state index in [1.54, 1.807) is 20.8 Å². The Morgan fingerprint density at radius 1 is 1.47 bits per heavy atom. The molecule has 0 aromatic rings. The van der Waals surface area contributed by atoms with Gasteiger partial charge in [0.2, 0.25) is 0 Å². The summed E-state index contributed by atoms with van der Waals surface area (Å²) >= 11 is 0. The molecule has 0 aromatic carbocycles. The number of morpholine rings is 1. The lowest BCUT2D eigenvalue weighted by Crippen LogP contribution is -2.58. The highest BCUT2D eigenvalue weighted by atomic mass is 16.6. The van der Waals surface area contributed by atoms with Crippen LogP contribution >= 0.6 is 0 Å². The summed E-state index contributed by atoms with van der Waals surface area (Å²) in [6, 6.07) is -0.937. The van der Waals surface area contributed by atoms with Crippen molar-refractivity contribution in [3.05, 3.63) is 0 Å². The maximum Gasteiger partial charge on any atom is 0.408 e. The lowest BCUT2D eigenvalue weighted by Gasteiger charge is -2.38. The van der Waals surface area contributed by atoms with Gasteiger partial charge in [0.25, 0.3) is 0 Å². The summed E-state index contributed by atoms with van der Waals surface area (Å²) in [4.78, 5) is 34.0. The monoisotopic (exact) mass is 215 g/mol. The normalized spacial score (nSPS) is 22.6. The van der Waals surface area contributed by atoms with E-state index in [4.69, 9.17) is 5.11 Å². The highest BCUT2D eigenvalue weighted by Gasteiger charge is 2.45. The summed E-state index contributed by atoms with van der Waals surface area (Å²) in [5, 5.41) is 8.87. The molecule has 0 aromatic heterocycles. The van der Waals surface area contributed by atoms with Crippen molar-refractivity contribution in [1.82, 2.24) is 4.90 Å². The van der Waals surface area contributed by atoms with Crippen molar-refractivity contribution in [3.8, 4) is 0 Å². The fourth-order valence-corrected chi connectivity index (χ4v) is 1.56.